The normalized spacial score (nSPS) is 10.3. The number of aryl methyl sites for hydroxylation is 1. The first-order valence-corrected chi connectivity index (χ1v) is 6.16. The Morgan fingerprint density at radius 1 is 1.33 bits per heavy atom. The topological polar surface area (TPSA) is 80.0 Å². The Bertz CT molecular complexity index is 676. The van der Waals surface area contributed by atoms with Gasteiger partial charge in [-0.3, -0.25) is 15.6 Å². The lowest BCUT2D eigenvalue weighted by Gasteiger charge is -2.10. The number of carbonyl (C=O) groups excluding carboxylic acids is 1. The van der Waals surface area contributed by atoms with E-state index in [1.54, 1.807) is 13.0 Å². The van der Waals surface area contributed by atoms with Gasteiger partial charge in [0, 0.05) is 24.0 Å². The highest BCUT2D eigenvalue weighted by molar-refractivity contribution is 5.99. The second-order valence-electron chi connectivity index (χ2n) is 4.43. The summed E-state index contributed by atoms with van der Waals surface area (Å²) in [7, 11) is 0. The molecule has 4 N–H and O–H groups in total. The van der Waals surface area contributed by atoms with Crippen molar-refractivity contribution in [3.05, 3.63) is 58.9 Å². The summed E-state index contributed by atoms with van der Waals surface area (Å²) >= 11 is 0. The second kappa shape index (κ2) is 6.27. The summed E-state index contributed by atoms with van der Waals surface area (Å²) in [5.41, 5.74) is 3.78. The fourth-order valence-corrected chi connectivity index (χ4v) is 1.81. The minimum atomic E-state index is -0.587. The Kier molecular flexibility index (Phi) is 4.44. The number of pyridine rings is 1. The van der Waals surface area contributed by atoms with E-state index >= 15 is 0 Å². The van der Waals surface area contributed by atoms with Gasteiger partial charge in [0.05, 0.1) is 11.3 Å². The van der Waals surface area contributed by atoms with Crippen LogP contribution in [0, 0.1) is 18.6 Å². The van der Waals surface area contributed by atoms with Gasteiger partial charge in [-0.1, -0.05) is 0 Å². The third-order valence-corrected chi connectivity index (χ3v) is 2.89. The number of nitrogen functional groups attached to an aromatic ring is 1. The Labute approximate surface area is 120 Å². The number of amides is 1. The summed E-state index contributed by atoms with van der Waals surface area (Å²) in [5.74, 6) is 3.70. The van der Waals surface area contributed by atoms with E-state index in [0.29, 0.717) is 11.4 Å². The van der Waals surface area contributed by atoms with Crippen LogP contribution in [0.1, 0.15) is 21.6 Å². The van der Waals surface area contributed by atoms with Crippen molar-refractivity contribution < 1.29 is 13.6 Å². The number of hydrogen-bond acceptors (Lipinski definition) is 4. The largest absolute Gasteiger partial charge is 0.348 e. The van der Waals surface area contributed by atoms with Crippen LogP contribution in [0.2, 0.25) is 0 Å². The van der Waals surface area contributed by atoms with Crippen LogP contribution in [0.3, 0.4) is 0 Å². The molecule has 0 unspecified atom stereocenters. The lowest BCUT2D eigenvalue weighted by Crippen LogP contribution is -2.25. The molecule has 0 aliphatic heterocycles. The van der Waals surface area contributed by atoms with Crippen LogP contribution in [0.5, 0.6) is 0 Å². The molecule has 0 fully saturated rings. The summed E-state index contributed by atoms with van der Waals surface area (Å²) in [6.07, 6.45) is 1.36. The number of anilines is 1. The molecule has 0 radical (unpaired) electrons. The Morgan fingerprint density at radius 2 is 2.10 bits per heavy atom. The molecule has 7 heteroatoms. The molecule has 0 bridgehead atoms. The number of nitrogens with zero attached hydrogens (tertiary/aromatic N) is 1. The summed E-state index contributed by atoms with van der Waals surface area (Å²) in [6.45, 7) is 1.62. The molecule has 0 saturated carbocycles. The fourth-order valence-electron chi connectivity index (χ4n) is 1.81. The molecule has 1 aromatic heterocycles. The molecule has 0 spiro atoms. The van der Waals surface area contributed by atoms with Crippen LogP contribution in [0.25, 0.3) is 0 Å². The van der Waals surface area contributed by atoms with Gasteiger partial charge in [-0.15, -0.1) is 0 Å². The van der Waals surface area contributed by atoms with Crippen molar-refractivity contribution >= 4 is 11.6 Å². The summed E-state index contributed by atoms with van der Waals surface area (Å²) < 4.78 is 26.5. The van der Waals surface area contributed by atoms with Crippen molar-refractivity contribution in [2.45, 2.75) is 13.5 Å². The summed E-state index contributed by atoms with van der Waals surface area (Å²) in [6, 6.07) is 4.67. The molecule has 1 aromatic carbocycles. The fraction of sp³-hybridized carbons (Fsp3) is 0.143. The van der Waals surface area contributed by atoms with Gasteiger partial charge in [0.2, 0.25) is 0 Å². The van der Waals surface area contributed by atoms with E-state index in [1.165, 1.54) is 6.20 Å². The van der Waals surface area contributed by atoms with E-state index in [2.05, 4.69) is 15.7 Å². The number of aromatic nitrogens is 1. The van der Waals surface area contributed by atoms with Crippen LogP contribution in [-0.2, 0) is 6.54 Å². The number of hydrazine groups is 1. The molecule has 2 rings (SSSR count). The maximum atomic E-state index is 13.5. The number of carbonyl (C=O) groups is 1. The highest BCUT2D eigenvalue weighted by Gasteiger charge is 2.13. The van der Waals surface area contributed by atoms with Gasteiger partial charge in [0.1, 0.15) is 11.6 Å². The van der Waals surface area contributed by atoms with Gasteiger partial charge < -0.3 is 10.7 Å². The molecule has 21 heavy (non-hydrogen) atoms. The van der Waals surface area contributed by atoms with E-state index < -0.39 is 17.5 Å². The molecule has 0 aliphatic rings. The lowest BCUT2D eigenvalue weighted by molar-refractivity contribution is 0.0951. The number of benzene rings is 1. The average molecular weight is 292 g/mol. The number of rotatable bonds is 4. The first-order valence-electron chi connectivity index (χ1n) is 6.16. The van der Waals surface area contributed by atoms with E-state index in [4.69, 9.17) is 5.84 Å². The van der Waals surface area contributed by atoms with E-state index in [-0.39, 0.29) is 17.7 Å². The molecule has 0 saturated heterocycles. The Morgan fingerprint density at radius 3 is 2.81 bits per heavy atom. The molecular weight excluding hydrogens is 278 g/mol. The molecule has 110 valence electrons. The Hall–Kier alpha value is -2.54. The number of nitrogens with two attached hydrogens (primary N) is 1. The van der Waals surface area contributed by atoms with Crippen LogP contribution >= 0.6 is 0 Å². The summed E-state index contributed by atoms with van der Waals surface area (Å²) in [4.78, 5) is 16.0. The van der Waals surface area contributed by atoms with Crippen molar-refractivity contribution in [3.8, 4) is 0 Å². The third kappa shape index (κ3) is 3.51. The van der Waals surface area contributed by atoms with Gasteiger partial charge in [-0.2, -0.15) is 0 Å². The standard InChI is InChI=1S/C14H14F2N4O/c1-8-4-13(20-17)11(7-18-8)14(21)19-6-9-5-10(15)2-3-12(9)16/h2-5,7H,6,17H2,1H3,(H,18,20)(H,19,21). The SMILES string of the molecule is Cc1cc(NN)c(C(=O)NCc2cc(F)ccc2F)cn1. The van der Waals surface area contributed by atoms with Crippen molar-refractivity contribution in [1.29, 1.82) is 0 Å². The first kappa shape index (κ1) is 14.9. The second-order valence-corrected chi connectivity index (χ2v) is 4.43. The van der Waals surface area contributed by atoms with Crippen LogP contribution in [-0.4, -0.2) is 10.9 Å². The van der Waals surface area contributed by atoms with Gasteiger partial charge in [-0.25, -0.2) is 8.78 Å². The highest BCUT2D eigenvalue weighted by atomic mass is 19.1. The zero-order chi connectivity index (χ0) is 15.4. The van der Waals surface area contributed by atoms with E-state index in [1.807, 2.05) is 0 Å². The predicted octanol–water partition coefficient (Wildman–Crippen LogP) is 1.88. The molecule has 2 aromatic rings. The minimum Gasteiger partial charge on any atom is -0.348 e. The van der Waals surface area contributed by atoms with Crippen molar-refractivity contribution in [2.24, 2.45) is 5.84 Å². The maximum Gasteiger partial charge on any atom is 0.255 e. The lowest BCUT2D eigenvalue weighted by atomic mass is 10.1. The maximum absolute atomic E-state index is 13.5. The monoisotopic (exact) mass is 292 g/mol. The van der Waals surface area contributed by atoms with Gasteiger partial charge in [-0.05, 0) is 31.2 Å². The average Bonchev–Trinajstić information content (AvgIpc) is 2.47. The van der Waals surface area contributed by atoms with E-state index in [0.717, 1.165) is 18.2 Å². The predicted molar refractivity (Wildman–Crippen MR) is 74.3 cm³/mol. The molecule has 0 aliphatic carbocycles. The first-order chi connectivity index (χ1) is 10.0. The molecular formula is C14H14F2N4O. The number of nitrogens with one attached hydrogen (secondary N) is 2. The van der Waals surface area contributed by atoms with Crippen LogP contribution in [0.4, 0.5) is 14.5 Å². The zero-order valence-corrected chi connectivity index (χ0v) is 11.3. The van der Waals surface area contributed by atoms with E-state index in [9.17, 15) is 13.6 Å². The van der Waals surface area contributed by atoms with Crippen molar-refractivity contribution in [3.63, 3.8) is 0 Å². The smallest absolute Gasteiger partial charge is 0.255 e. The third-order valence-electron chi connectivity index (χ3n) is 2.89. The number of hydrogen-bond donors (Lipinski definition) is 3. The molecule has 1 heterocycles. The van der Waals surface area contributed by atoms with Gasteiger partial charge in [0.25, 0.3) is 5.91 Å². The molecule has 1 amide bonds. The van der Waals surface area contributed by atoms with Crippen LogP contribution < -0.4 is 16.6 Å². The quantitative estimate of drug-likeness (QED) is 0.594. The van der Waals surface area contributed by atoms with Gasteiger partial charge >= 0.3 is 0 Å². The van der Waals surface area contributed by atoms with Gasteiger partial charge in [0.15, 0.2) is 0 Å². The molecule has 0 atom stereocenters. The minimum absolute atomic E-state index is 0.0608. The highest BCUT2D eigenvalue weighted by Crippen LogP contribution is 2.15. The zero-order valence-electron chi connectivity index (χ0n) is 11.3. The summed E-state index contributed by atoms with van der Waals surface area (Å²) in [5, 5.41) is 2.50. The number of halogens is 2. The van der Waals surface area contributed by atoms with Crippen molar-refractivity contribution in [2.75, 3.05) is 5.43 Å². The van der Waals surface area contributed by atoms with Crippen LogP contribution in [0.15, 0.2) is 30.5 Å². The Balaban J connectivity index is 2.13. The molecule has 5 nitrogen and oxygen atoms in total. The van der Waals surface area contributed by atoms with Crippen molar-refractivity contribution in [1.82, 2.24) is 10.3 Å².